The Morgan fingerprint density at radius 1 is 1.20 bits per heavy atom. The Labute approximate surface area is 117 Å². The van der Waals surface area contributed by atoms with Crippen molar-refractivity contribution < 1.29 is 9.90 Å². The molecule has 4 heteroatoms. The molecule has 1 aromatic carbocycles. The van der Waals surface area contributed by atoms with Gasteiger partial charge in [0.25, 0.3) is 5.56 Å². The quantitative estimate of drug-likeness (QED) is 0.933. The molecule has 4 nitrogen and oxygen atoms in total. The highest BCUT2D eigenvalue weighted by Gasteiger charge is 2.20. The van der Waals surface area contributed by atoms with Gasteiger partial charge in [0.05, 0.1) is 0 Å². The third kappa shape index (κ3) is 2.37. The fourth-order valence-electron chi connectivity index (χ4n) is 2.44. The van der Waals surface area contributed by atoms with Crippen LogP contribution in [0.1, 0.15) is 35.9 Å². The Hall–Kier alpha value is -2.36. The number of aromatic carboxylic acids is 1. The number of pyridine rings is 1. The van der Waals surface area contributed by atoms with Crippen LogP contribution in [-0.4, -0.2) is 15.6 Å². The number of carboxylic acids is 1. The van der Waals surface area contributed by atoms with Crippen LogP contribution in [0.4, 0.5) is 0 Å². The number of hydrogen-bond donors (Lipinski definition) is 1. The standard InChI is InChI=1S/C16H17NO3/c1-10(2)17-11(3)9-13(12-7-5-4-6-8-12)14(15(17)18)16(19)20/h4-10H,1-3H3,(H,19,20). The lowest BCUT2D eigenvalue weighted by Gasteiger charge is -2.17. The summed E-state index contributed by atoms with van der Waals surface area (Å²) in [6.07, 6.45) is 0. The first-order chi connectivity index (χ1) is 9.43. The number of carbonyl (C=O) groups is 1. The zero-order valence-corrected chi connectivity index (χ0v) is 11.8. The maximum absolute atomic E-state index is 12.4. The van der Waals surface area contributed by atoms with Crippen molar-refractivity contribution in [1.82, 2.24) is 4.57 Å². The lowest BCUT2D eigenvalue weighted by Crippen LogP contribution is -2.30. The molecule has 1 N–H and O–H groups in total. The SMILES string of the molecule is Cc1cc(-c2ccccc2)c(C(=O)O)c(=O)n1C(C)C. The van der Waals surface area contributed by atoms with Gasteiger partial charge in [-0.2, -0.15) is 0 Å². The van der Waals surface area contributed by atoms with Gasteiger partial charge in [-0.1, -0.05) is 30.3 Å². The second-order valence-corrected chi connectivity index (χ2v) is 5.01. The van der Waals surface area contributed by atoms with Crippen LogP contribution in [-0.2, 0) is 0 Å². The minimum atomic E-state index is -1.19. The number of nitrogens with zero attached hydrogens (tertiary/aromatic N) is 1. The molecule has 0 aliphatic heterocycles. The Morgan fingerprint density at radius 3 is 2.30 bits per heavy atom. The first kappa shape index (κ1) is 14.1. The fourth-order valence-corrected chi connectivity index (χ4v) is 2.44. The Bertz CT molecular complexity index is 700. The number of hydrogen-bond acceptors (Lipinski definition) is 2. The Morgan fingerprint density at radius 2 is 1.80 bits per heavy atom. The van der Waals surface area contributed by atoms with Gasteiger partial charge in [0, 0.05) is 17.3 Å². The second kappa shape index (κ2) is 5.33. The molecule has 0 spiro atoms. The van der Waals surface area contributed by atoms with E-state index in [1.165, 1.54) is 4.57 Å². The molecule has 1 heterocycles. The second-order valence-electron chi connectivity index (χ2n) is 5.01. The molecule has 0 amide bonds. The third-order valence-corrected chi connectivity index (χ3v) is 3.25. The van der Waals surface area contributed by atoms with E-state index >= 15 is 0 Å². The summed E-state index contributed by atoms with van der Waals surface area (Å²) in [5.41, 5.74) is 1.34. The van der Waals surface area contributed by atoms with Crippen molar-refractivity contribution in [2.24, 2.45) is 0 Å². The zero-order valence-electron chi connectivity index (χ0n) is 11.8. The lowest BCUT2D eigenvalue weighted by molar-refractivity contribution is 0.0695. The number of aryl methyl sites for hydroxylation is 1. The summed E-state index contributed by atoms with van der Waals surface area (Å²) in [5.74, 6) is -1.19. The third-order valence-electron chi connectivity index (χ3n) is 3.25. The molecule has 0 saturated heterocycles. The molecule has 0 atom stereocenters. The highest BCUT2D eigenvalue weighted by Crippen LogP contribution is 2.23. The monoisotopic (exact) mass is 271 g/mol. The molecule has 0 bridgehead atoms. The molecule has 0 radical (unpaired) electrons. The predicted molar refractivity (Wildman–Crippen MR) is 78.2 cm³/mol. The van der Waals surface area contributed by atoms with Crippen LogP contribution >= 0.6 is 0 Å². The van der Waals surface area contributed by atoms with Crippen molar-refractivity contribution >= 4 is 5.97 Å². The van der Waals surface area contributed by atoms with Gasteiger partial charge in [-0.05, 0) is 32.4 Å². The molecular weight excluding hydrogens is 254 g/mol. The topological polar surface area (TPSA) is 59.3 Å². The molecular formula is C16H17NO3. The number of carboxylic acid groups (broad SMARTS) is 1. The fraction of sp³-hybridized carbons (Fsp3) is 0.250. The van der Waals surface area contributed by atoms with Crippen molar-refractivity contribution in [2.75, 3.05) is 0 Å². The van der Waals surface area contributed by atoms with E-state index in [-0.39, 0.29) is 11.6 Å². The molecule has 2 rings (SSSR count). The van der Waals surface area contributed by atoms with E-state index in [1.807, 2.05) is 39.0 Å². The molecule has 0 aliphatic rings. The summed E-state index contributed by atoms with van der Waals surface area (Å²) in [6.45, 7) is 5.55. The van der Waals surface area contributed by atoms with E-state index < -0.39 is 11.5 Å². The van der Waals surface area contributed by atoms with Crippen LogP contribution in [0, 0.1) is 6.92 Å². The summed E-state index contributed by atoms with van der Waals surface area (Å²) in [5, 5.41) is 9.39. The van der Waals surface area contributed by atoms with E-state index in [0.717, 1.165) is 11.3 Å². The highest BCUT2D eigenvalue weighted by molar-refractivity contribution is 5.95. The van der Waals surface area contributed by atoms with Crippen molar-refractivity contribution in [3.8, 4) is 11.1 Å². The van der Waals surface area contributed by atoms with Crippen LogP contribution < -0.4 is 5.56 Å². The van der Waals surface area contributed by atoms with Crippen LogP contribution in [0.3, 0.4) is 0 Å². The van der Waals surface area contributed by atoms with Crippen molar-refractivity contribution in [2.45, 2.75) is 26.8 Å². The number of rotatable bonds is 3. The molecule has 104 valence electrons. The molecule has 0 fully saturated rings. The van der Waals surface area contributed by atoms with Gasteiger partial charge < -0.3 is 9.67 Å². The van der Waals surface area contributed by atoms with Gasteiger partial charge in [-0.15, -0.1) is 0 Å². The van der Waals surface area contributed by atoms with Gasteiger partial charge in [0.15, 0.2) is 0 Å². The first-order valence-corrected chi connectivity index (χ1v) is 6.48. The van der Waals surface area contributed by atoms with Gasteiger partial charge in [0.1, 0.15) is 5.56 Å². The van der Waals surface area contributed by atoms with Crippen molar-refractivity contribution in [3.05, 3.63) is 58.0 Å². The average Bonchev–Trinajstić information content (AvgIpc) is 2.38. The maximum atomic E-state index is 12.4. The van der Waals surface area contributed by atoms with Crippen molar-refractivity contribution in [1.29, 1.82) is 0 Å². The zero-order chi connectivity index (χ0) is 14.9. The summed E-state index contributed by atoms with van der Waals surface area (Å²) in [7, 11) is 0. The molecule has 0 unspecified atom stereocenters. The minimum Gasteiger partial charge on any atom is -0.477 e. The molecule has 2 aromatic rings. The molecule has 20 heavy (non-hydrogen) atoms. The van der Waals surface area contributed by atoms with E-state index in [9.17, 15) is 14.7 Å². The summed E-state index contributed by atoms with van der Waals surface area (Å²) in [4.78, 5) is 23.9. The predicted octanol–water partition coefficient (Wildman–Crippen LogP) is 3.10. The number of benzene rings is 1. The van der Waals surface area contributed by atoms with Gasteiger partial charge in [-0.25, -0.2) is 4.79 Å². The molecule has 0 aliphatic carbocycles. The Kier molecular flexibility index (Phi) is 3.74. The van der Waals surface area contributed by atoms with Crippen LogP contribution in [0.5, 0.6) is 0 Å². The van der Waals surface area contributed by atoms with Gasteiger partial charge >= 0.3 is 5.97 Å². The molecule has 1 aromatic heterocycles. The van der Waals surface area contributed by atoms with Crippen molar-refractivity contribution in [3.63, 3.8) is 0 Å². The maximum Gasteiger partial charge on any atom is 0.341 e. The van der Waals surface area contributed by atoms with Gasteiger partial charge in [0.2, 0.25) is 0 Å². The summed E-state index contributed by atoms with van der Waals surface area (Å²) >= 11 is 0. The lowest BCUT2D eigenvalue weighted by atomic mass is 10.00. The van der Waals surface area contributed by atoms with E-state index in [4.69, 9.17) is 0 Å². The smallest absolute Gasteiger partial charge is 0.341 e. The van der Waals surface area contributed by atoms with Crippen LogP contribution in [0.25, 0.3) is 11.1 Å². The van der Waals surface area contributed by atoms with Crippen LogP contribution in [0.15, 0.2) is 41.2 Å². The van der Waals surface area contributed by atoms with Crippen LogP contribution in [0.2, 0.25) is 0 Å². The van der Waals surface area contributed by atoms with E-state index in [0.29, 0.717) is 5.56 Å². The summed E-state index contributed by atoms with van der Waals surface area (Å²) < 4.78 is 1.51. The molecule has 0 saturated carbocycles. The first-order valence-electron chi connectivity index (χ1n) is 6.48. The van der Waals surface area contributed by atoms with E-state index in [2.05, 4.69) is 0 Å². The van der Waals surface area contributed by atoms with Gasteiger partial charge in [-0.3, -0.25) is 4.79 Å². The highest BCUT2D eigenvalue weighted by atomic mass is 16.4. The normalized spacial score (nSPS) is 10.8. The Balaban J connectivity index is 2.83. The minimum absolute atomic E-state index is 0.0783. The summed E-state index contributed by atoms with van der Waals surface area (Å²) in [6, 6.07) is 10.8. The average molecular weight is 271 g/mol. The number of aromatic nitrogens is 1. The van der Waals surface area contributed by atoms with E-state index in [1.54, 1.807) is 18.2 Å². The largest absolute Gasteiger partial charge is 0.477 e.